The minimum atomic E-state index is -4.70. The predicted molar refractivity (Wildman–Crippen MR) is 52.4 cm³/mol. The minimum Gasteiger partial charge on any atom is -0.490 e. The van der Waals surface area contributed by atoms with Crippen LogP contribution in [0.2, 0.25) is 0 Å². The molecule has 0 aliphatic heterocycles. The van der Waals surface area contributed by atoms with Gasteiger partial charge in [-0.1, -0.05) is 0 Å². The van der Waals surface area contributed by atoms with E-state index in [9.17, 15) is 23.3 Å². The van der Waals surface area contributed by atoms with E-state index in [0.717, 1.165) is 19.2 Å². The summed E-state index contributed by atoms with van der Waals surface area (Å²) in [6.07, 6.45) is -4.70. The molecule has 0 unspecified atom stereocenters. The number of nitrogens with zero attached hydrogens (tertiary/aromatic N) is 1. The van der Waals surface area contributed by atoms with E-state index < -0.39 is 28.1 Å². The normalized spacial score (nSPS) is 11.3. The topological polar surface area (TPSA) is 52.4 Å². The van der Waals surface area contributed by atoms with Crippen LogP contribution in [0.5, 0.6) is 5.75 Å². The van der Waals surface area contributed by atoms with Gasteiger partial charge in [-0.3, -0.25) is 10.1 Å². The van der Waals surface area contributed by atoms with Gasteiger partial charge < -0.3 is 4.74 Å². The molecular formula is C8H5BrF3NO3. The van der Waals surface area contributed by atoms with Crippen molar-refractivity contribution in [2.75, 3.05) is 7.11 Å². The molecule has 16 heavy (non-hydrogen) atoms. The van der Waals surface area contributed by atoms with Gasteiger partial charge >= 0.3 is 11.9 Å². The zero-order valence-corrected chi connectivity index (χ0v) is 9.42. The first-order valence-corrected chi connectivity index (χ1v) is 4.66. The van der Waals surface area contributed by atoms with Gasteiger partial charge in [0.25, 0.3) is 0 Å². The van der Waals surface area contributed by atoms with Gasteiger partial charge in [-0.15, -0.1) is 0 Å². The molecule has 0 aliphatic carbocycles. The fourth-order valence-corrected chi connectivity index (χ4v) is 1.60. The Balaban J connectivity index is 3.56. The summed E-state index contributed by atoms with van der Waals surface area (Å²) in [6, 6.07) is 1.68. The van der Waals surface area contributed by atoms with Gasteiger partial charge in [0.05, 0.1) is 16.5 Å². The molecule has 0 fully saturated rings. The third-order valence-electron chi connectivity index (χ3n) is 1.77. The highest BCUT2D eigenvalue weighted by Gasteiger charge is 2.38. The van der Waals surface area contributed by atoms with Crippen molar-refractivity contribution >= 4 is 21.6 Å². The lowest BCUT2D eigenvalue weighted by molar-refractivity contribution is -0.386. The number of nitro benzene ring substituents is 1. The Kier molecular flexibility index (Phi) is 3.41. The average molecular weight is 300 g/mol. The number of rotatable bonds is 2. The van der Waals surface area contributed by atoms with Crippen molar-refractivity contribution in [3.05, 3.63) is 32.3 Å². The Morgan fingerprint density at radius 1 is 1.44 bits per heavy atom. The number of hydrogen-bond donors (Lipinski definition) is 0. The highest BCUT2D eigenvalue weighted by molar-refractivity contribution is 9.10. The van der Waals surface area contributed by atoms with Crippen LogP contribution < -0.4 is 4.74 Å². The molecular weight excluding hydrogens is 295 g/mol. The zero-order valence-electron chi connectivity index (χ0n) is 7.84. The number of benzene rings is 1. The van der Waals surface area contributed by atoms with Crippen LogP contribution in [0, 0.1) is 10.1 Å². The standard InChI is InChI=1S/C8H5BrF3NO3/c1-16-7-4(8(10,11)12)2-3-5(9)6(7)13(14)15/h2-3H,1H3. The van der Waals surface area contributed by atoms with E-state index in [4.69, 9.17) is 0 Å². The maximum atomic E-state index is 12.5. The average Bonchev–Trinajstić information content (AvgIpc) is 2.14. The van der Waals surface area contributed by atoms with Crippen LogP contribution in [0.25, 0.3) is 0 Å². The summed E-state index contributed by atoms with van der Waals surface area (Å²) < 4.78 is 41.9. The summed E-state index contributed by atoms with van der Waals surface area (Å²) in [5.41, 5.74) is -1.91. The molecule has 0 heterocycles. The number of halogens is 4. The van der Waals surface area contributed by atoms with Gasteiger partial charge in [0.1, 0.15) is 5.56 Å². The second-order valence-electron chi connectivity index (χ2n) is 2.73. The number of alkyl halides is 3. The van der Waals surface area contributed by atoms with Crippen molar-refractivity contribution in [1.29, 1.82) is 0 Å². The number of hydrogen-bond acceptors (Lipinski definition) is 3. The van der Waals surface area contributed by atoms with Crippen LogP contribution in [0.4, 0.5) is 18.9 Å². The van der Waals surface area contributed by atoms with E-state index >= 15 is 0 Å². The van der Waals surface area contributed by atoms with Crippen molar-refractivity contribution in [2.24, 2.45) is 0 Å². The third kappa shape index (κ3) is 2.26. The van der Waals surface area contributed by atoms with Crippen molar-refractivity contribution < 1.29 is 22.8 Å². The van der Waals surface area contributed by atoms with Crippen molar-refractivity contribution in [2.45, 2.75) is 6.18 Å². The molecule has 0 amide bonds. The Labute approximate surface area is 96.3 Å². The Hall–Kier alpha value is -1.31. The number of ether oxygens (including phenoxy) is 1. The molecule has 0 saturated heterocycles. The van der Waals surface area contributed by atoms with Crippen LogP contribution in [-0.4, -0.2) is 12.0 Å². The lowest BCUT2D eigenvalue weighted by atomic mass is 10.1. The molecule has 1 aromatic rings. The molecule has 0 aliphatic rings. The number of nitro groups is 1. The summed E-state index contributed by atoms with van der Waals surface area (Å²) in [5, 5.41) is 10.6. The molecule has 4 nitrogen and oxygen atoms in total. The van der Waals surface area contributed by atoms with E-state index in [-0.39, 0.29) is 4.47 Å². The lowest BCUT2D eigenvalue weighted by Crippen LogP contribution is -2.09. The molecule has 0 atom stereocenters. The zero-order chi connectivity index (χ0) is 12.5. The third-order valence-corrected chi connectivity index (χ3v) is 2.41. The fourth-order valence-electron chi connectivity index (χ4n) is 1.15. The van der Waals surface area contributed by atoms with Gasteiger partial charge in [-0.25, -0.2) is 0 Å². The fraction of sp³-hybridized carbons (Fsp3) is 0.250. The summed E-state index contributed by atoms with van der Waals surface area (Å²) >= 11 is 2.80. The Bertz CT molecular complexity index is 433. The molecule has 1 aromatic carbocycles. The molecule has 0 bridgehead atoms. The summed E-state index contributed by atoms with van der Waals surface area (Å²) in [7, 11) is 0.948. The highest BCUT2D eigenvalue weighted by Crippen LogP contribution is 2.44. The molecule has 0 N–H and O–H groups in total. The molecule has 0 spiro atoms. The first-order chi connectivity index (χ1) is 7.29. The van der Waals surface area contributed by atoms with Crippen LogP contribution in [0.1, 0.15) is 5.56 Å². The summed E-state index contributed by atoms with van der Waals surface area (Å²) in [5.74, 6) is -0.799. The molecule has 0 saturated carbocycles. The van der Waals surface area contributed by atoms with Gasteiger partial charge in [-0.05, 0) is 28.1 Å². The van der Waals surface area contributed by atoms with Crippen LogP contribution in [0.3, 0.4) is 0 Å². The van der Waals surface area contributed by atoms with Crippen molar-refractivity contribution in [3.8, 4) is 5.75 Å². The van der Waals surface area contributed by atoms with Crippen molar-refractivity contribution in [3.63, 3.8) is 0 Å². The van der Waals surface area contributed by atoms with E-state index in [1.165, 1.54) is 0 Å². The molecule has 8 heteroatoms. The Morgan fingerprint density at radius 2 is 2.00 bits per heavy atom. The van der Waals surface area contributed by atoms with Crippen LogP contribution in [0.15, 0.2) is 16.6 Å². The molecule has 0 aromatic heterocycles. The maximum absolute atomic E-state index is 12.5. The molecule has 88 valence electrons. The predicted octanol–water partition coefficient (Wildman–Crippen LogP) is 3.38. The quantitative estimate of drug-likeness (QED) is 0.621. The van der Waals surface area contributed by atoms with E-state index in [2.05, 4.69) is 20.7 Å². The SMILES string of the molecule is COc1c(C(F)(F)F)ccc(Br)c1[N+](=O)[O-]. The summed E-state index contributed by atoms with van der Waals surface area (Å²) in [4.78, 5) is 9.68. The maximum Gasteiger partial charge on any atom is 0.420 e. The van der Waals surface area contributed by atoms with Crippen molar-refractivity contribution in [1.82, 2.24) is 0 Å². The molecule has 0 radical (unpaired) electrons. The van der Waals surface area contributed by atoms with Gasteiger partial charge in [-0.2, -0.15) is 13.2 Å². The van der Waals surface area contributed by atoms with Gasteiger partial charge in [0.2, 0.25) is 5.75 Å². The second kappa shape index (κ2) is 4.28. The van der Waals surface area contributed by atoms with Gasteiger partial charge in [0, 0.05) is 0 Å². The second-order valence-corrected chi connectivity index (χ2v) is 3.59. The van der Waals surface area contributed by atoms with Crippen LogP contribution in [-0.2, 0) is 6.18 Å². The Morgan fingerprint density at radius 3 is 2.38 bits per heavy atom. The highest BCUT2D eigenvalue weighted by atomic mass is 79.9. The first-order valence-electron chi connectivity index (χ1n) is 3.87. The van der Waals surface area contributed by atoms with Gasteiger partial charge in [0.15, 0.2) is 0 Å². The monoisotopic (exact) mass is 299 g/mol. The first kappa shape index (κ1) is 12.8. The largest absolute Gasteiger partial charge is 0.490 e. The lowest BCUT2D eigenvalue weighted by Gasteiger charge is -2.12. The van der Waals surface area contributed by atoms with E-state index in [0.29, 0.717) is 0 Å². The minimum absolute atomic E-state index is 0.0673. The smallest absolute Gasteiger partial charge is 0.420 e. The number of methoxy groups -OCH3 is 1. The van der Waals surface area contributed by atoms with E-state index in [1.807, 2.05) is 0 Å². The molecule has 1 rings (SSSR count). The summed E-state index contributed by atoms with van der Waals surface area (Å²) in [6.45, 7) is 0. The van der Waals surface area contributed by atoms with E-state index in [1.54, 1.807) is 0 Å². The van der Waals surface area contributed by atoms with Crippen LogP contribution >= 0.6 is 15.9 Å².